The lowest BCUT2D eigenvalue weighted by Crippen LogP contribution is -2.43. The van der Waals surface area contributed by atoms with Crippen LogP contribution < -0.4 is 15.0 Å². The van der Waals surface area contributed by atoms with Crippen molar-refractivity contribution in [2.45, 2.75) is 31.8 Å². The highest BCUT2D eigenvalue weighted by atomic mass is 16.5. The molecule has 0 aromatic heterocycles. The minimum absolute atomic E-state index is 0.242. The number of ether oxygens (including phenoxy) is 2. The predicted molar refractivity (Wildman–Crippen MR) is 82.8 cm³/mol. The molecule has 1 unspecified atom stereocenters. The van der Waals surface area contributed by atoms with Crippen LogP contribution >= 0.6 is 0 Å². The van der Waals surface area contributed by atoms with Crippen molar-refractivity contribution in [2.24, 2.45) is 0 Å². The fraction of sp³-hybridized carbons (Fsp3) is 0.562. The highest BCUT2D eigenvalue weighted by molar-refractivity contribution is 5.76. The zero-order valence-corrected chi connectivity index (χ0v) is 13.0. The minimum atomic E-state index is -0.402. The van der Waals surface area contributed by atoms with Gasteiger partial charge in [-0.15, -0.1) is 0 Å². The molecule has 1 aromatic rings. The van der Waals surface area contributed by atoms with E-state index < -0.39 is 6.04 Å². The van der Waals surface area contributed by atoms with Crippen LogP contribution in [0.25, 0.3) is 0 Å². The lowest BCUT2D eigenvalue weighted by Gasteiger charge is -2.19. The van der Waals surface area contributed by atoms with Crippen LogP contribution in [0.3, 0.4) is 0 Å². The van der Waals surface area contributed by atoms with Gasteiger partial charge < -0.3 is 14.4 Å². The maximum Gasteiger partial charge on any atom is 0.326 e. The maximum absolute atomic E-state index is 11.9. The third-order valence-corrected chi connectivity index (χ3v) is 3.34. The number of benzene rings is 1. The Hall–Kier alpha value is -1.75. The summed E-state index contributed by atoms with van der Waals surface area (Å²) < 4.78 is 10.9. The number of hydrogen-bond acceptors (Lipinski definition) is 5. The molecular formula is C16H24N2O3. The molecule has 0 heterocycles. The van der Waals surface area contributed by atoms with Crippen LogP contribution in [0.2, 0.25) is 0 Å². The predicted octanol–water partition coefficient (Wildman–Crippen LogP) is 1.82. The highest BCUT2D eigenvalue weighted by Gasteiger charge is 2.29. The van der Waals surface area contributed by atoms with Crippen LogP contribution in [0, 0.1) is 0 Å². The van der Waals surface area contributed by atoms with Gasteiger partial charge in [-0.3, -0.25) is 10.1 Å². The van der Waals surface area contributed by atoms with Gasteiger partial charge in [0.25, 0.3) is 0 Å². The average Bonchev–Trinajstić information content (AvgIpc) is 3.28. The lowest BCUT2D eigenvalue weighted by molar-refractivity contribution is -0.146. The molecule has 1 fully saturated rings. The molecule has 21 heavy (non-hydrogen) atoms. The van der Waals surface area contributed by atoms with E-state index in [0.29, 0.717) is 12.6 Å². The van der Waals surface area contributed by atoms with E-state index in [4.69, 9.17) is 9.47 Å². The molecule has 5 nitrogen and oxygen atoms in total. The lowest BCUT2D eigenvalue weighted by atomic mass is 10.2. The van der Waals surface area contributed by atoms with Crippen molar-refractivity contribution in [3.05, 3.63) is 24.3 Å². The number of rotatable bonds is 8. The summed E-state index contributed by atoms with van der Waals surface area (Å²) in [5.74, 6) is 0.515. The van der Waals surface area contributed by atoms with Gasteiger partial charge in [0.2, 0.25) is 0 Å². The first-order chi connectivity index (χ1) is 10.1. The molecule has 1 atom stereocenters. The quantitative estimate of drug-likeness (QED) is 0.741. The monoisotopic (exact) mass is 292 g/mol. The maximum atomic E-state index is 11.9. The first-order valence-electron chi connectivity index (χ1n) is 7.43. The first kappa shape index (κ1) is 15.6. The van der Waals surface area contributed by atoms with Crippen molar-refractivity contribution in [2.75, 3.05) is 32.2 Å². The molecule has 0 amide bonds. The van der Waals surface area contributed by atoms with E-state index in [-0.39, 0.29) is 12.6 Å². The Morgan fingerprint density at radius 3 is 2.81 bits per heavy atom. The van der Waals surface area contributed by atoms with Crippen molar-refractivity contribution in [1.82, 2.24) is 5.32 Å². The summed E-state index contributed by atoms with van der Waals surface area (Å²) >= 11 is 0. The summed E-state index contributed by atoms with van der Waals surface area (Å²) in [7, 11) is 3.96. The van der Waals surface area contributed by atoms with Gasteiger partial charge in [0, 0.05) is 31.9 Å². The fourth-order valence-corrected chi connectivity index (χ4v) is 1.99. The van der Waals surface area contributed by atoms with Crippen LogP contribution in [0.1, 0.15) is 19.8 Å². The van der Waals surface area contributed by atoms with Gasteiger partial charge in [0.05, 0.1) is 6.61 Å². The van der Waals surface area contributed by atoms with Gasteiger partial charge in [-0.05, 0) is 31.9 Å². The van der Waals surface area contributed by atoms with Crippen molar-refractivity contribution in [1.29, 1.82) is 0 Å². The molecule has 1 aromatic carbocycles. The Balaban J connectivity index is 1.93. The summed E-state index contributed by atoms with van der Waals surface area (Å²) in [6.07, 6.45) is 2.23. The fourth-order valence-electron chi connectivity index (χ4n) is 1.99. The summed E-state index contributed by atoms with van der Waals surface area (Å²) in [5.41, 5.74) is 1.07. The number of nitrogens with one attached hydrogen (secondary N) is 1. The molecule has 1 aliphatic carbocycles. The Labute approximate surface area is 126 Å². The number of anilines is 1. The van der Waals surface area contributed by atoms with E-state index in [2.05, 4.69) is 5.32 Å². The van der Waals surface area contributed by atoms with Crippen molar-refractivity contribution in [3.63, 3.8) is 0 Å². The molecule has 1 aliphatic rings. The number of carbonyl (C=O) groups is 1. The molecule has 0 aliphatic heterocycles. The van der Waals surface area contributed by atoms with E-state index in [9.17, 15) is 4.79 Å². The Morgan fingerprint density at radius 1 is 1.43 bits per heavy atom. The molecular weight excluding hydrogens is 268 g/mol. The molecule has 2 rings (SSSR count). The molecule has 116 valence electrons. The Morgan fingerprint density at radius 2 is 2.19 bits per heavy atom. The van der Waals surface area contributed by atoms with E-state index in [0.717, 1.165) is 24.3 Å². The summed E-state index contributed by atoms with van der Waals surface area (Å²) in [5, 5.41) is 3.27. The Kier molecular flexibility index (Phi) is 5.44. The number of carbonyl (C=O) groups excluding carboxylic acids is 1. The molecule has 1 N–H and O–H groups in total. The van der Waals surface area contributed by atoms with Crippen molar-refractivity contribution < 1.29 is 14.3 Å². The minimum Gasteiger partial charge on any atom is -0.491 e. The van der Waals surface area contributed by atoms with E-state index in [1.54, 1.807) is 0 Å². The van der Waals surface area contributed by atoms with Gasteiger partial charge in [-0.25, -0.2) is 0 Å². The van der Waals surface area contributed by atoms with Crippen molar-refractivity contribution >= 4 is 11.7 Å². The van der Waals surface area contributed by atoms with Crippen LogP contribution in [-0.2, 0) is 9.53 Å². The van der Waals surface area contributed by atoms with Crippen LogP contribution in [0.15, 0.2) is 24.3 Å². The summed E-state index contributed by atoms with van der Waals surface area (Å²) in [4.78, 5) is 13.9. The third-order valence-electron chi connectivity index (χ3n) is 3.34. The molecule has 0 spiro atoms. The number of nitrogens with zero attached hydrogens (tertiary/aromatic N) is 1. The molecule has 0 saturated heterocycles. The molecule has 1 saturated carbocycles. The van der Waals surface area contributed by atoms with Crippen LogP contribution in [0.5, 0.6) is 5.75 Å². The average molecular weight is 292 g/mol. The van der Waals surface area contributed by atoms with Gasteiger partial charge >= 0.3 is 5.97 Å². The summed E-state index contributed by atoms with van der Waals surface area (Å²) in [6.45, 7) is 2.48. The van der Waals surface area contributed by atoms with E-state index in [1.165, 1.54) is 0 Å². The van der Waals surface area contributed by atoms with Gasteiger partial charge in [-0.2, -0.15) is 0 Å². The highest BCUT2D eigenvalue weighted by Crippen LogP contribution is 2.21. The van der Waals surface area contributed by atoms with Crippen LogP contribution in [-0.4, -0.2) is 45.4 Å². The normalized spacial score (nSPS) is 15.4. The number of hydrogen-bond donors (Lipinski definition) is 1. The second-order valence-corrected chi connectivity index (χ2v) is 5.45. The third kappa shape index (κ3) is 4.93. The SMILES string of the molecule is CCOC(=O)C(COc1cccc(N(C)C)c1)NC1CC1. The second-order valence-electron chi connectivity index (χ2n) is 5.45. The van der Waals surface area contributed by atoms with Gasteiger partial charge in [0.1, 0.15) is 18.4 Å². The van der Waals surface area contributed by atoms with E-state index >= 15 is 0 Å². The molecule has 5 heteroatoms. The standard InChI is InChI=1S/C16H24N2O3/c1-4-20-16(19)15(17-12-8-9-12)11-21-14-7-5-6-13(10-14)18(2)3/h5-7,10,12,15,17H,4,8-9,11H2,1-3H3. The zero-order chi connectivity index (χ0) is 15.2. The molecule has 0 bridgehead atoms. The molecule has 0 radical (unpaired) electrons. The largest absolute Gasteiger partial charge is 0.491 e. The van der Waals surface area contributed by atoms with Gasteiger partial charge in [-0.1, -0.05) is 6.07 Å². The topological polar surface area (TPSA) is 50.8 Å². The van der Waals surface area contributed by atoms with E-state index in [1.807, 2.05) is 50.2 Å². The number of esters is 1. The van der Waals surface area contributed by atoms with Crippen molar-refractivity contribution in [3.8, 4) is 5.75 Å². The zero-order valence-electron chi connectivity index (χ0n) is 13.0. The first-order valence-corrected chi connectivity index (χ1v) is 7.43. The smallest absolute Gasteiger partial charge is 0.326 e. The second kappa shape index (κ2) is 7.31. The summed E-state index contributed by atoms with van der Waals surface area (Å²) in [6, 6.07) is 7.83. The Bertz CT molecular complexity index is 472. The van der Waals surface area contributed by atoms with Gasteiger partial charge in [0.15, 0.2) is 0 Å². The van der Waals surface area contributed by atoms with Crippen LogP contribution in [0.4, 0.5) is 5.69 Å².